The summed E-state index contributed by atoms with van der Waals surface area (Å²) in [6.45, 7) is 3.91. The number of hydrogen-bond acceptors (Lipinski definition) is 4. The molecule has 0 unspecified atom stereocenters. The van der Waals surface area contributed by atoms with E-state index in [0.717, 1.165) is 12.1 Å². The van der Waals surface area contributed by atoms with E-state index in [0.29, 0.717) is 0 Å². The fourth-order valence-corrected chi connectivity index (χ4v) is 4.63. The fraction of sp³-hybridized carbons (Fsp3) is 0.238. The van der Waals surface area contributed by atoms with E-state index in [9.17, 15) is 26.4 Å². The van der Waals surface area contributed by atoms with Crippen molar-refractivity contribution in [1.29, 1.82) is 0 Å². The van der Waals surface area contributed by atoms with E-state index in [1.165, 1.54) is 51.7 Å². The number of rotatable bonds is 7. The Morgan fingerprint density at radius 3 is 2.41 bits per heavy atom. The average Bonchev–Trinajstić information content (AvgIpc) is 3.28. The van der Waals surface area contributed by atoms with Crippen LogP contribution in [0.5, 0.6) is 0 Å². The van der Waals surface area contributed by atoms with Crippen molar-refractivity contribution < 1.29 is 26.4 Å². The molecule has 0 atom stereocenters. The topological polar surface area (TPSA) is 84.3 Å². The molecule has 0 saturated carbocycles. The van der Waals surface area contributed by atoms with Crippen LogP contribution in [0, 0.1) is 0 Å². The molecule has 1 aromatic heterocycles. The van der Waals surface area contributed by atoms with Crippen LogP contribution in [-0.2, 0) is 16.2 Å². The first-order valence-electron chi connectivity index (χ1n) is 9.70. The minimum absolute atomic E-state index is 0.0120. The smallest absolute Gasteiger partial charge is 0.320 e. The Hall–Kier alpha value is -3.18. The zero-order valence-electron chi connectivity index (χ0n) is 17.3. The summed E-state index contributed by atoms with van der Waals surface area (Å²) in [5, 5.41) is 6.46. The van der Waals surface area contributed by atoms with Gasteiger partial charge in [-0.3, -0.25) is 4.79 Å². The molecular weight excluding hydrogens is 445 g/mol. The summed E-state index contributed by atoms with van der Waals surface area (Å²) in [6.07, 6.45) is -1.64. The third kappa shape index (κ3) is 4.83. The molecule has 0 radical (unpaired) electrons. The van der Waals surface area contributed by atoms with E-state index in [2.05, 4.69) is 10.4 Å². The SMILES string of the molecule is CCN(CC)S(=O)(=O)c1cccc(C(=O)Nc2cc(C(F)(F)F)ccc2-n2cccn2)c1. The fourth-order valence-electron chi connectivity index (χ4n) is 3.13. The van der Waals surface area contributed by atoms with Crippen molar-refractivity contribution in [3.8, 4) is 5.69 Å². The summed E-state index contributed by atoms with van der Waals surface area (Å²) in [4.78, 5) is 12.8. The van der Waals surface area contributed by atoms with Gasteiger partial charge in [-0.15, -0.1) is 0 Å². The zero-order chi connectivity index (χ0) is 23.5. The van der Waals surface area contributed by atoms with Crippen LogP contribution in [0.3, 0.4) is 0 Å². The van der Waals surface area contributed by atoms with E-state index in [1.54, 1.807) is 19.9 Å². The molecule has 0 aliphatic rings. The lowest BCUT2D eigenvalue weighted by atomic mass is 10.1. The largest absolute Gasteiger partial charge is 0.416 e. The van der Waals surface area contributed by atoms with Crippen LogP contribution >= 0.6 is 0 Å². The normalized spacial score (nSPS) is 12.2. The Balaban J connectivity index is 1.99. The van der Waals surface area contributed by atoms with Gasteiger partial charge < -0.3 is 5.32 Å². The maximum absolute atomic E-state index is 13.2. The molecule has 0 aliphatic heterocycles. The van der Waals surface area contributed by atoms with Crippen LogP contribution in [-0.4, -0.2) is 41.5 Å². The Morgan fingerprint density at radius 2 is 1.81 bits per heavy atom. The van der Waals surface area contributed by atoms with Crippen LogP contribution in [0.4, 0.5) is 18.9 Å². The molecule has 1 heterocycles. The third-order valence-corrected chi connectivity index (χ3v) is 6.81. The molecule has 1 N–H and O–H groups in total. The first-order chi connectivity index (χ1) is 15.1. The standard InChI is InChI=1S/C21H21F3N4O3S/c1-3-27(4-2)32(30,31)17-8-5-7-15(13-17)20(29)26-18-14-16(21(22,23)24)9-10-19(18)28-12-6-11-25-28/h5-14H,3-4H2,1-2H3,(H,26,29). The van der Waals surface area contributed by atoms with Gasteiger partial charge in [0.15, 0.2) is 0 Å². The third-order valence-electron chi connectivity index (χ3n) is 4.76. The summed E-state index contributed by atoms with van der Waals surface area (Å²) in [5.41, 5.74) is -0.850. The van der Waals surface area contributed by atoms with Gasteiger partial charge in [-0.05, 0) is 42.5 Å². The number of aromatic nitrogens is 2. The van der Waals surface area contributed by atoms with Crippen LogP contribution < -0.4 is 5.32 Å². The molecule has 0 saturated heterocycles. The van der Waals surface area contributed by atoms with E-state index >= 15 is 0 Å². The summed E-state index contributed by atoms with van der Waals surface area (Å²) in [7, 11) is -3.81. The molecule has 0 aliphatic carbocycles. The highest BCUT2D eigenvalue weighted by atomic mass is 32.2. The molecule has 3 rings (SSSR count). The van der Waals surface area contributed by atoms with Crippen molar-refractivity contribution in [1.82, 2.24) is 14.1 Å². The zero-order valence-corrected chi connectivity index (χ0v) is 18.1. The summed E-state index contributed by atoms with van der Waals surface area (Å²) in [5.74, 6) is -0.755. The average molecular weight is 466 g/mol. The molecule has 11 heteroatoms. The van der Waals surface area contributed by atoms with Crippen LogP contribution in [0.1, 0.15) is 29.8 Å². The maximum atomic E-state index is 13.2. The Kier molecular flexibility index (Phi) is 6.70. The van der Waals surface area contributed by atoms with Gasteiger partial charge >= 0.3 is 6.18 Å². The van der Waals surface area contributed by atoms with E-state index in [4.69, 9.17) is 0 Å². The highest BCUT2D eigenvalue weighted by Crippen LogP contribution is 2.33. The molecule has 0 fully saturated rings. The minimum Gasteiger partial charge on any atom is -0.320 e. The minimum atomic E-state index is -4.61. The van der Waals surface area contributed by atoms with E-state index in [1.807, 2.05) is 0 Å². The number of carbonyl (C=O) groups excluding carboxylic acids is 1. The number of amides is 1. The molecule has 1 amide bonds. The van der Waals surface area contributed by atoms with Gasteiger partial charge in [-0.2, -0.15) is 22.6 Å². The Labute approximate surface area is 183 Å². The lowest BCUT2D eigenvalue weighted by Crippen LogP contribution is -2.30. The lowest BCUT2D eigenvalue weighted by Gasteiger charge is -2.19. The van der Waals surface area contributed by atoms with Crippen molar-refractivity contribution in [3.63, 3.8) is 0 Å². The molecule has 0 bridgehead atoms. The van der Waals surface area contributed by atoms with E-state index < -0.39 is 27.7 Å². The molecule has 170 valence electrons. The van der Waals surface area contributed by atoms with E-state index in [-0.39, 0.29) is 34.9 Å². The molecule has 7 nitrogen and oxygen atoms in total. The molecule has 3 aromatic rings. The molecule has 32 heavy (non-hydrogen) atoms. The molecule has 0 spiro atoms. The highest BCUT2D eigenvalue weighted by molar-refractivity contribution is 7.89. The van der Waals surface area contributed by atoms with Gasteiger partial charge in [-0.25, -0.2) is 13.1 Å². The monoisotopic (exact) mass is 466 g/mol. The number of sulfonamides is 1. The van der Waals surface area contributed by atoms with Crippen molar-refractivity contribution in [2.45, 2.75) is 24.9 Å². The van der Waals surface area contributed by atoms with Gasteiger partial charge in [0.2, 0.25) is 10.0 Å². The summed E-state index contributed by atoms with van der Waals surface area (Å²) in [6, 6.07) is 9.85. The summed E-state index contributed by atoms with van der Waals surface area (Å²) < 4.78 is 67.7. The van der Waals surface area contributed by atoms with Crippen molar-refractivity contribution in [2.24, 2.45) is 0 Å². The Bertz CT molecular complexity index is 1210. The molecular formula is C21H21F3N4O3S. The van der Waals surface area contributed by atoms with Gasteiger partial charge in [0.1, 0.15) is 0 Å². The predicted molar refractivity (Wildman–Crippen MR) is 113 cm³/mol. The van der Waals surface area contributed by atoms with Crippen LogP contribution in [0.15, 0.2) is 65.8 Å². The van der Waals surface area contributed by atoms with Crippen LogP contribution in [0.2, 0.25) is 0 Å². The second-order valence-electron chi connectivity index (χ2n) is 6.75. The number of nitrogens with zero attached hydrogens (tertiary/aromatic N) is 3. The second-order valence-corrected chi connectivity index (χ2v) is 8.69. The van der Waals surface area contributed by atoms with Crippen molar-refractivity contribution in [2.75, 3.05) is 18.4 Å². The number of nitrogens with one attached hydrogen (secondary N) is 1. The number of benzene rings is 2. The predicted octanol–water partition coefficient (Wildman–Crippen LogP) is 4.17. The Morgan fingerprint density at radius 1 is 1.09 bits per heavy atom. The van der Waals surface area contributed by atoms with Crippen molar-refractivity contribution in [3.05, 3.63) is 72.1 Å². The maximum Gasteiger partial charge on any atom is 0.416 e. The summed E-state index contributed by atoms with van der Waals surface area (Å²) >= 11 is 0. The second kappa shape index (κ2) is 9.13. The highest BCUT2D eigenvalue weighted by Gasteiger charge is 2.31. The van der Waals surface area contributed by atoms with Gasteiger partial charge in [0.05, 0.1) is 21.8 Å². The number of hydrogen-bond donors (Lipinski definition) is 1. The lowest BCUT2D eigenvalue weighted by molar-refractivity contribution is -0.137. The first-order valence-corrected chi connectivity index (χ1v) is 11.1. The number of halogens is 3. The van der Waals surface area contributed by atoms with Gasteiger partial charge in [0.25, 0.3) is 5.91 Å². The first kappa shape index (κ1) is 23.5. The molecule has 2 aromatic carbocycles. The number of alkyl halides is 3. The van der Waals surface area contributed by atoms with Gasteiger partial charge in [-0.1, -0.05) is 19.9 Å². The number of carbonyl (C=O) groups is 1. The van der Waals surface area contributed by atoms with Gasteiger partial charge in [0, 0.05) is 31.0 Å². The van der Waals surface area contributed by atoms with Crippen molar-refractivity contribution >= 4 is 21.6 Å². The van der Waals surface area contributed by atoms with Crippen LogP contribution in [0.25, 0.3) is 5.69 Å². The number of anilines is 1. The quantitative estimate of drug-likeness (QED) is 0.566.